The first-order valence-electron chi connectivity index (χ1n) is 8.80. The van der Waals surface area contributed by atoms with Crippen LogP contribution in [0.4, 0.5) is 0 Å². The van der Waals surface area contributed by atoms with Gasteiger partial charge in [-0.15, -0.1) is 11.8 Å². The molecule has 0 radical (unpaired) electrons. The highest BCUT2D eigenvalue weighted by atomic mass is 32.2. The summed E-state index contributed by atoms with van der Waals surface area (Å²) in [5.41, 5.74) is 2.77. The average Bonchev–Trinajstić information content (AvgIpc) is 3.26. The second-order valence-electron chi connectivity index (χ2n) is 6.22. The molecule has 4 nitrogen and oxygen atoms in total. The van der Waals surface area contributed by atoms with Crippen molar-refractivity contribution < 1.29 is 9.21 Å². The molecule has 2 heterocycles. The van der Waals surface area contributed by atoms with Crippen LogP contribution in [0.2, 0.25) is 0 Å². The molecule has 0 saturated carbocycles. The molecular formula is C21H24N2O2S. The van der Waals surface area contributed by atoms with E-state index in [0.717, 1.165) is 34.9 Å². The summed E-state index contributed by atoms with van der Waals surface area (Å²) < 4.78 is 7.53. The van der Waals surface area contributed by atoms with Crippen molar-refractivity contribution in [3.63, 3.8) is 0 Å². The maximum absolute atomic E-state index is 12.5. The van der Waals surface area contributed by atoms with Gasteiger partial charge in [0.2, 0.25) is 0 Å². The minimum Gasteiger partial charge on any atom is -0.467 e. The number of nitrogens with zero attached hydrogens (tertiary/aromatic N) is 1. The fraction of sp³-hybridized carbons (Fsp3) is 0.286. The largest absolute Gasteiger partial charge is 0.467 e. The highest BCUT2D eigenvalue weighted by Crippen LogP contribution is 2.19. The number of furan rings is 1. The Morgan fingerprint density at radius 3 is 2.69 bits per heavy atom. The zero-order valence-corrected chi connectivity index (χ0v) is 16.0. The summed E-state index contributed by atoms with van der Waals surface area (Å²) in [6.45, 7) is 5.32. The molecule has 1 amide bonds. The molecule has 0 spiro atoms. The highest BCUT2D eigenvalue weighted by molar-refractivity contribution is 7.99. The van der Waals surface area contributed by atoms with Crippen molar-refractivity contribution in [2.75, 3.05) is 12.3 Å². The van der Waals surface area contributed by atoms with E-state index >= 15 is 0 Å². The quantitative estimate of drug-likeness (QED) is 0.465. The lowest BCUT2D eigenvalue weighted by atomic mass is 10.2. The van der Waals surface area contributed by atoms with Crippen LogP contribution in [0, 0.1) is 13.8 Å². The molecule has 2 aromatic heterocycles. The highest BCUT2D eigenvalue weighted by Gasteiger charge is 2.16. The van der Waals surface area contributed by atoms with Crippen molar-refractivity contribution in [3.8, 4) is 0 Å². The fourth-order valence-corrected chi connectivity index (χ4v) is 3.78. The Morgan fingerprint density at radius 1 is 1.15 bits per heavy atom. The topological polar surface area (TPSA) is 47.2 Å². The van der Waals surface area contributed by atoms with Crippen LogP contribution in [0.15, 0.2) is 64.1 Å². The molecule has 26 heavy (non-hydrogen) atoms. The first kappa shape index (κ1) is 18.4. The molecule has 3 rings (SSSR count). The van der Waals surface area contributed by atoms with Gasteiger partial charge in [0.25, 0.3) is 5.91 Å². The maximum atomic E-state index is 12.5. The van der Waals surface area contributed by atoms with Gasteiger partial charge in [0.05, 0.1) is 18.4 Å². The van der Waals surface area contributed by atoms with Gasteiger partial charge >= 0.3 is 0 Å². The summed E-state index contributed by atoms with van der Waals surface area (Å²) in [6, 6.07) is 16.1. The van der Waals surface area contributed by atoms with Gasteiger partial charge in [0.15, 0.2) is 0 Å². The van der Waals surface area contributed by atoms with Crippen LogP contribution in [0.1, 0.15) is 33.9 Å². The number of benzene rings is 1. The van der Waals surface area contributed by atoms with E-state index in [0.29, 0.717) is 13.1 Å². The third-order valence-electron chi connectivity index (χ3n) is 4.33. The molecule has 1 aromatic carbocycles. The molecule has 0 saturated heterocycles. The van der Waals surface area contributed by atoms with Gasteiger partial charge in [-0.25, -0.2) is 0 Å². The van der Waals surface area contributed by atoms with Crippen molar-refractivity contribution in [1.29, 1.82) is 0 Å². The lowest BCUT2D eigenvalue weighted by molar-refractivity contribution is 0.0953. The van der Waals surface area contributed by atoms with Crippen molar-refractivity contribution in [1.82, 2.24) is 9.88 Å². The Kier molecular flexibility index (Phi) is 6.23. The lowest BCUT2D eigenvalue weighted by Gasteiger charge is -2.08. The molecule has 0 aliphatic carbocycles. The van der Waals surface area contributed by atoms with E-state index in [1.54, 1.807) is 6.26 Å². The Balaban J connectivity index is 1.50. The number of hydrogen-bond donors (Lipinski definition) is 1. The van der Waals surface area contributed by atoms with Crippen molar-refractivity contribution in [2.24, 2.45) is 0 Å². The summed E-state index contributed by atoms with van der Waals surface area (Å²) in [6.07, 6.45) is 2.61. The lowest BCUT2D eigenvalue weighted by Crippen LogP contribution is -2.25. The SMILES string of the molecule is Cc1cc(C(=O)NCCCSc2ccccc2)c(C)n1Cc1ccco1. The van der Waals surface area contributed by atoms with E-state index in [1.807, 2.05) is 62.0 Å². The molecule has 0 bridgehead atoms. The number of nitrogens with one attached hydrogen (secondary N) is 1. The molecular weight excluding hydrogens is 344 g/mol. The third-order valence-corrected chi connectivity index (χ3v) is 5.43. The molecule has 0 unspecified atom stereocenters. The van der Waals surface area contributed by atoms with Crippen molar-refractivity contribution in [3.05, 3.63) is 77.5 Å². The number of carbonyl (C=O) groups excluding carboxylic acids is 1. The van der Waals surface area contributed by atoms with E-state index in [9.17, 15) is 4.79 Å². The monoisotopic (exact) mass is 368 g/mol. The van der Waals surface area contributed by atoms with Crippen LogP contribution in [-0.4, -0.2) is 22.8 Å². The zero-order valence-electron chi connectivity index (χ0n) is 15.2. The molecule has 1 N–H and O–H groups in total. The number of hydrogen-bond acceptors (Lipinski definition) is 3. The van der Waals surface area contributed by atoms with Gasteiger partial charge in [-0.1, -0.05) is 18.2 Å². The van der Waals surface area contributed by atoms with E-state index < -0.39 is 0 Å². The second-order valence-corrected chi connectivity index (χ2v) is 7.39. The van der Waals surface area contributed by atoms with E-state index in [-0.39, 0.29) is 5.91 Å². The van der Waals surface area contributed by atoms with Crippen LogP contribution < -0.4 is 5.32 Å². The first-order chi connectivity index (χ1) is 12.6. The fourth-order valence-electron chi connectivity index (χ4n) is 2.91. The zero-order chi connectivity index (χ0) is 18.4. The van der Waals surface area contributed by atoms with Crippen LogP contribution in [0.3, 0.4) is 0 Å². The van der Waals surface area contributed by atoms with Gasteiger partial charge in [-0.2, -0.15) is 0 Å². The van der Waals surface area contributed by atoms with E-state index in [1.165, 1.54) is 4.90 Å². The molecule has 0 aliphatic rings. The number of rotatable bonds is 8. The minimum absolute atomic E-state index is 0.00601. The predicted octanol–water partition coefficient (Wildman–Crippen LogP) is 4.66. The molecule has 3 aromatic rings. The van der Waals surface area contributed by atoms with Crippen LogP contribution in [0.25, 0.3) is 0 Å². The average molecular weight is 369 g/mol. The maximum Gasteiger partial charge on any atom is 0.253 e. The number of aromatic nitrogens is 1. The Morgan fingerprint density at radius 2 is 1.96 bits per heavy atom. The van der Waals surface area contributed by atoms with E-state index in [2.05, 4.69) is 22.0 Å². The van der Waals surface area contributed by atoms with Crippen LogP contribution in [0.5, 0.6) is 0 Å². The van der Waals surface area contributed by atoms with Crippen LogP contribution >= 0.6 is 11.8 Å². The second kappa shape index (κ2) is 8.81. The summed E-state index contributed by atoms with van der Waals surface area (Å²) in [4.78, 5) is 13.8. The smallest absolute Gasteiger partial charge is 0.253 e. The molecule has 0 fully saturated rings. The summed E-state index contributed by atoms with van der Waals surface area (Å²) in [7, 11) is 0. The van der Waals surface area contributed by atoms with Crippen molar-refractivity contribution in [2.45, 2.75) is 31.7 Å². The van der Waals surface area contributed by atoms with Gasteiger partial charge in [0.1, 0.15) is 5.76 Å². The molecule has 0 aliphatic heterocycles. The molecule has 5 heteroatoms. The summed E-state index contributed by atoms with van der Waals surface area (Å²) >= 11 is 1.81. The van der Waals surface area contributed by atoms with Gasteiger partial charge in [-0.05, 0) is 56.4 Å². The normalized spacial score (nSPS) is 10.8. The Bertz CT molecular complexity index is 839. The van der Waals surface area contributed by atoms with Crippen LogP contribution in [-0.2, 0) is 6.54 Å². The van der Waals surface area contributed by atoms with Gasteiger partial charge in [-0.3, -0.25) is 4.79 Å². The minimum atomic E-state index is -0.00601. The number of aryl methyl sites for hydroxylation is 1. The number of carbonyl (C=O) groups is 1. The Labute approximate surface area is 158 Å². The summed E-state index contributed by atoms with van der Waals surface area (Å²) in [5, 5.41) is 3.04. The van der Waals surface area contributed by atoms with Crippen molar-refractivity contribution >= 4 is 17.7 Å². The number of thioether (sulfide) groups is 1. The molecule has 136 valence electrons. The third kappa shape index (κ3) is 4.61. The Hall–Kier alpha value is -2.40. The van der Waals surface area contributed by atoms with Gasteiger partial charge < -0.3 is 14.3 Å². The predicted molar refractivity (Wildman–Crippen MR) is 106 cm³/mol. The van der Waals surface area contributed by atoms with E-state index in [4.69, 9.17) is 4.42 Å². The first-order valence-corrected chi connectivity index (χ1v) is 9.79. The summed E-state index contributed by atoms with van der Waals surface area (Å²) in [5.74, 6) is 1.87. The number of amides is 1. The standard InChI is InChI=1S/C21H24N2O2S/c1-16-14-20(17(2)23(16)15-18-8-6-12-25-18)21(24)22-11-7-13-26-19-9-4-3-5-10-19/h3-6,8-10,12,14H,7,11,13,15H2,1-2H3,(H,22,24). The van der Waals surface area contributed by atoms with Gasteiger partial charge in [0, 0.05) is 22.8 Å². The molecule has 0 atom stereocenters.